The van der Waals surface area contributed by atoms with Gasteiger partial charge in [0, 0.05) is 30.6 Å². The molecule has 1 saturated carbocycles. The van der Waals surface area contributed by atoms with Crippen LogP contribution in [0.15, 0.2) is 30.5 Å². The van der Waals surface area contributed by atoms with E-state index in [4.69, 9.17) is 4.74 Å². The van der Waals surface area contributed by atoms with Crippen LogP contribution in [-0.2, 0) is 0 Å². The first kappa shape index (κ1) is 18.4. The SMILES string of the molecule is C=C1N(C2CC(Oc3ccc(C)c(OC(F)(F)F)c3)C2)C(=O)NC1(C)C. The van der Waals surface area contributed by atoms with Crippen LogP contribution < -0.4 is 14.8 Å². The highest BCUT2D eigenvalue weighted by molar-refractivity contribution is 5.82. The van der Waals surface area contributed by atoms with Crippen molar-refractivity contribution in [1.29, 1.82) is 0 Å². The molecular weight excluding hydrogens is 349 g/mol. The normalized spacial score (nSPS) is 24.9. The van der Waals surface area contributed by atoms with Crippen LogP contribution >= 0.6 is 0 Å². The number of benzene rings is 1. The Hall–Kier alpha value is -2.38. The van der Waals surface area contributed by atoms with Crippen LogP contribution in [0.25, 0.3) is 0 Å². The molecule has 142 valence electrons. The Morgan fingerprint density at radius 3 is 2.50 bits per heavy atom. The van der Waals surface area contributed by atoms with E-state index in [1.807, 2.05) is 13.8 Å². The molecule has 0 spiro atoms. The predicted octanol–water partition coefficient (Wildman–Crippen LogP) is 4.12. The molecule has 5 nitrogen and oxygen atoms in total. The molecule has 8 heteroatoms. The molecule has 1 heterocycles. The minimum Gasteiger partial charge on any atom is -0.490 e. The van der Waals surface area contributed by atoms with E-state index in [-0.39, 0.29) is 23.9 Å². The summed E-state index contributed by atoms with van der Waals surface area (Å²) in [7, 11) is 0. The molecular formula is C18H21F3N2O3. The smallest absolute Gasteiger partial charge is 0.490 e. The number of hydrogen-bond donors (Lipinski definition) is 1. The second-order valence-electron chi connectivity index (χ2n) is 7.21. The summed E-state index contributed by atoms with van der Waals surface area (Å²) in [5.41, 5.74) is 0.597. The summed E-state index contributed by atoms with van der Waals surface area (Å²) in [5.74, 6) is 0.0308. The van der Waals surface area contributed by atoms with Crippen LogP contribution in [0, 0.1) is 6.92 Å². The highest BCUT2D eigenvalue weighted by Crippen LogP contribution is 2.38. The first-order chi connectivity index (χ1) is 12.0. The van der Waals surface area contributed by atoms with E-state index in [0.29, 0.717) is 29.9 Å². The zero-order chi connectivity index (χ0) is 19.3. The highest BCUT2D eigenvalue weighted by Gasteiger charge is 2.47. The van der Waals surface area contributed by atoms with Crippen molar-refractivity contribution in [3.63, 3.8) is 0 Å². The Kier molecular flexibility index (Phi) is 4.32. The summed E-state index contributed by atoms with van der Waals surface area (Å²) in [6.45, 7) is 9.28. The fourth-order valence-electron chi connectivity index (χ4n) is 3.14. The molecule has 2 aliphatic rings. The molecule has 3 rings (SSSR count). The fourth-order valence-corrected chi connectivity index (χ4v) is 3.14. The maximum absolute atomic E-state index is 12.4. The second kappa shape index (κ2) is 6.10. The van der Waals surface area contributed by atoms with Gasteiger partial charge in [0.2, 0.25) is 0 Å². The number of carbonyl (C=O) groups is 1. The van der Waals surface area contributed by atoms with E-state index in [1.54, 1.807) is 11.0 Å². The van der Waals surface area contributed by atoms with Crippen LogP contribution in [0.5, 0.6) is 11.5 Å². The lowest BCUT2D eigenvalue weighted by molar-refractivity contribution is -0.274. The van der Waals surface area contributed by atoms with Gasteiger partial charge in [-0.3, -0.25) is 4.90 Å². The van der Waals surface area contributed by atoms with Crippen molar-refractivity contribution >= 4 is 6.03 Å². The Morgan fingerprint density at radius 2 is 1.96 bits per heavy atom. The number of amides is 2. The summed E-state index contributed by atoms with van der Waals surface area (Å²) in [4.78, 5) is 13.8. The molecule has 0 aromatic heterocycles. The zero-order valence-electron chi connectivity index (χ0n) is 14.8. The van der Waals surface area contributed by atoms with Gasteiger partial charge < -0.3 is 14.8 Å². The Balaban J connectivity index is 1.60. The molecule has 1 aliphatic carbocycles. The Bertz CT molecular complexity index is 740. The predicted molar refractivity (Wildman–Crippen MR) is 88.9 cm³/mol. The zero-order valence-corrected chi connectivity index (χ0v) is 14.8. The van der Waals surface area contributed by atoms with Crippen LogP contribution in [0.2, 0.25) is 0 Å². The van der Waals surface area contributed by atoms with Gasteiger partial charge in [-0.2, -0.15) is 0 Å². The lowest BCUT2D eigenvalue weighted by Crippen LogP contribution is -2.49. The lowest BCUT2D eigenvalue weighted by atomic mass is 9.87. The standard InChI is InChI=1S/C18H21F3N2O3/c1-10-5-6-13(9-15(10)26-18(19,20)21)25-14-7-12(8-14)23-11(2)17(3,4)22-16(23)24/h5-6,9,12,14H,2,7-8H2,1,3-4H3,(H,22,24). The van der Waals surface area contributed by atoms with Gasteiger partial charge in [-0.05, 0) is 32.4 Å². The van der Waals surface area contributed by atoms with E-state index >= 15 is 0 Å². The third kappa shape index (κ3) is 3.59. The van der Waals surface area contributed by atoms with Gasteiger partial charge in [0.15, 0.2) is 0 Å². The number of urea groups is 1. The number of hydrogen-bond acceptors (Lipinski definition) is 3. The van der Waals surface area contributed by atoms with Gasteiger partial charge in [0.05, 0.1) is 5.54 Å². The van der Waals surface area contributed by atoms with E-state index in [0.717, 1.165) is 0 Å². The molecule has 1 aromatic rings. The first-order valence-electron chi connectivity index (χ1n) is 8.30. The number of ether oxygens (including phenoxy) is 2. The average molecular weight is 370 g/mol. The van der Waals surface area contributed by atoms with Crippen molar-refractivity contribution in [1.82, 2.24) is 10.2 Å². The van der Waals surface area contributed by atoms with Crippen molar-refractivity contribution in [3.05, 3.63) is 36.0 Å². The molecule has 1 N–H and O–H groups in total. The quantitative estimate of drug-likeness (QED) is 0.867. The van der Waals surface area contributed by atoms with Crippen molar-refractivity contribution in [3.8, 4) is 11.5 Å². The van der Waals surface area contributed by atoms with Gasteiger partial charge in [0.25, 0.3) is 0 Å². The highest BCUT2D eigenvalue weighted by atomic mass is 19.4. The molecule has 0 unspecified atom stereocenters. The number of nitrogens with zero attached hydrogens (tertiary/aromatic N) is 1. The van der Waals surface area contributed by atoms with Crippen LogP contribution in [-0.4, -0.2) is 35.0 Å². The molecule has 26 heavy (non-hydrogen) atoms. The van der Waals surface area contributed by atoms with Gasteiger partial charge in [-0.15, -0.1) is 13.2 Å². The lowest BCUT2D eigenvalue weighted by Gasteiger charge is -2.41. The van der Waals surface area contributed by atoms with Crippen molar-refractivity contribution in [2.45, 2.75) is 57.7 Å². The number of alkyl halides is 3. The minimum absolute atomic E-state index is 0.0226. The summed E-state index contributed by atoms with van der Waals surface area (Å²) in [6.07, 6.45) is -3.75. The van der Waals surface area contributed by atoms with Crippen molar-refractivity contribution < 1.29 is 27.4 Å². The molecule has 0 atom stereocenters. The number of halogens is 3. The maximum atomic E-state index is 12.4. The average Bonchev–Trinajstić information content (AvgIpc) is 2.65. The first-order valence-corrected chi connectivity index (χ1v) is 8.30. The summed E-state index contributed by atoms with van der Waals surface area (Å²) >= 11 is 0. The van der Waals surface area contributed by atoms with Gasteiger partial charge in [-0.1, -0.05) is 12.6 Å². The van der Waals surface area contributed by atoms with Crippen molar-refractivity contribution in [2.24, 2.45) is 0 Å². The molecule has 2 amide bonds. The third-order valence-corrected chi connectivity index (χ3v) is 4.77. The van der Waals surface area contributed by atoms with Crippen LogP contribution in [0.3, 0.4) is 0 Å². The largest absolute Gasteiger partial charge is 0.573 e. The molecule has 0 radical (unpaired) electrons. The molecule has 2 fully saturated rings. The molecule has 0 bridgehead atoms. The van der Waals surface area contributed by atoms with Gasteiger partial charge >= 0.3 is 12.4 Å². The van der Waals surface area contributed by atoms with Crippen LogP contribution in [0.1, 0.15) is 32.3 Å². The Morgan fingerprint density at radius 1 is 1.31 bits per heavy atom. The van der Waals surface area contributed by atoms with Crippen molar-refractivity contribution in [2.75, 3.05) is 0 Å². The van der Waals surface area contributed by atoms with E-state index in [9.17, 15) is 18.0 Å². The number of rotatable bonds is 4. The number of nitrogens with one attached hydrogen (secondary N) is 1. The number of aryl methyl sites for hydroxylation is 1. The number of carbonyl (C=O) groups excluding carboxylic acids is 1. The fraction of sp³-hybridized carbons (Fsp3) is 0.500. The monoisotopic (exact) mass is 370 g/mol. The topological polar surface area (TPSA) is 50.8 Å². The summed E-state index contributed by atoms with van der Waals surface area (Å²) < 4.78 is 47.1. The van der Waals surface area contributed by atoms with E-state index in [1.165, 1.54) is 19.1 Å². The van der Waals surface area contributed by atoms with Gasteiger partial charge in [0.1, 0.15) is 17.6 Å². The van der Waals surface area contributed by atoms with E-state index < -0.39 is 11.9 Å². The van der Waals surface area contributed by atoms with Crippen LogP contribution in [0.4, 0.5) is 18.0 Å². The second-order valence-corrected chi connectivity index (χ2v) is 7.21. The molecule has 1 saturated heterocycles. The molecule has 1 aromatic carbocycles. The van der Waals surface area contributed by atoms with E-state index in [2.05, 4.69) is 16.6 Å². The maximum Gasteiger partial charge on any atom is 0.573 e. The summed E-state index contributed by atoms with van der Waals surface area (Å²) in [6, 6.07) is 4.16. The Labute approximate surface area is 149 Å². The third-order valence-electron chi connectivity index (χ3n) is 4.77. The summed E-state index contributed by atoms with van der Waals surface area (Å²) in [5, 5.41) is 2.87. The minimum atomic E-state index is -4.75. The molecule has 1 aliphatic heterocycles. The van der Waals surface area contributed by atoms with Gasteiger partial charge in [-0.25, -0.2) is 4.79 Å².